The molecule has 0 saturated heterocycles. The zero-order chi connectivity index (χ0) is 38.9. The normalized spacial score (nSPS) is 14.5. The Hall–Kier alpha value is -6.90. The van der Waals surface area contributed by atoms with Crippen LogP contribution in [0.15, 0.2) is 182 Å². The Balaban J connectivity index is 1.03. The first-order valence-electron chi connectivity index (χ1n) is 20.5. The van der Waals surface area contributed by atoms with E-state index in [1.54, 1.807) is 0 Å². The molecule has 1 aromatic heterocycles. The maximum Gasteiger partial charge on any atom is 0.0547 e. The third-order valence-electron chi connectivity index (χ3n) is 13.5. The Kier molecular flexibility index (Phi) is 6.78. The van der Waals surface area contributed by atoms with Crippen LogP contribution >= 0.6 is 0 Å². The predicted molar refractivity (Wildman–Crippen MR) is 246 cm³/mol. The zero-order valence-electron chi connectivity index (χ0n) is 33.2. The van der Waals surface area contributed by atoms with Gasteiger partial charge in [0.25, 0.3) is 0 Å². The Labute approximate surface area is 339 Å². The van der Waals surface area contributed by atoms with Crippen LogP contribution in [0.25, 0.3) is 71.3 Å². The van der Waals surface area contributed by atoms with Crippen LogP contribution in [0, 0.1) is 0 Å². The molecule has 276 valence electrons. The number of rotatable bonds is 4. The second-order valence-electron chi connectivity index (χ2n) is 17.4. The van der Waals surface area contributed by atoms with Gasteiger partial charge in [0.15, 0.2) is 0 Å². The Bertz CT molecular complexity index is 3350. The van der Waals surface area contributed by atoms with E-state index in [0.717, 1.165) is 0 Å². The van der Waals surface area contributed by atoms with Crippen molar-refractivity contribution in [3.8, 4) is 27.9 Å². The molecule has 2 aliphatic rings. The number of nitrogens with zero attached hydrogens (tertiary/aromatic N) is 2. The fraction of sp³-hybridized carbons (Fsp3) is 0.107. The standard InChI is InChI=1S/C56H42N2/c1-55(2)48-21-11-9-19-42(48)43-27-24-38(32-49(43)55)57(52-23-13-17-35-14-7-8-18-41(35)52)39-25-28-44-45-29-26-40(34-51(45)56(3,4)50(44)33-39)58-53-22-12-10-20-46(53)47-30-36-15-5-6-16-37(36)31-54(47)58/h5-34H,1-4H3. The molecule has 2 aliphatic carbocycles. The van der Waals surface area contributed by atoms with Crippen LogP contribution in [-0.4, -0.2) is 4.57 Å². The molecule has 2 heteroatoms. The molecule has 58 heavy (non-hydrogen) atoms. The second-order valence-corrected chi connectivity index (χ2v) is 17.4. The van der Waals surface area contributed by atoms with E-state index in [9.17, 15) is 0 Å². The number of benzene rings is 9. The lowest BCUT2D eigenvalue weighted by atomic mass is 9.82. The van der Waals surface area contributed by atoms with Gasteiger partial charge in [-0.3, -0.25) is 0 Å². The summed E-state index contributed by atoms with van der Waals surface area (Å²) in [4.78, 5) is 2.49. The quantitative estimate of drug-likeness (QED) is 0.174. The van der Waals surface area contributed by atoms with Crippen LogP contribution in [0.1, 0.15) is 49.9 Å². The number of aromatic nitrogens is 1. The first-order valence-corrected chi connectivity index (χ1v) is 20.5. The molecule has 2 nitrogen and oxygen atoms in total. The molecule has 0 aliphatic heterocycles. The SMILES string of the molecule is CC1(C)c2ccccc2-c2ccc(N(c3ccc4c(c3)C(C)(C)c3cc(-n5c6ccccc6c6cc7ccccc7cc65)ccc3-4)c3cccc4ccccc34)cc21. The van der Waals surface area contributed by atoms with Gasteiger partial charge >= 0.3 is 0 Å². The fourth-order valence-electron chi connectivity index (χ4n) is 10.6. The van der Waals surface area contributed by atoms with E-state index in [0.29, 0.717) is 0 Å². The molecule has 0 bridgehead atoms. The molecule has 0 N–H and O–H groups in total. The molecule has 9 aromatic carbocycles. The number of hydrogen-bond acceptors (Lipinski definition) is 1. The smallest absolute Gasteiger partial charge is 0.0547 e. The van der Waals surface area contributed by atoms with E-state index < -0.39 is 0 Å². The van der Waals surface area contributed by atoms with Gasteiger partial charge in [0.1, 0.15) is 0 Å². The fourth-order valence-corrected chi connectivity index (χ4v) is 10.6. The van der Waals surface area contributed by atoms with Crippen LogP contribution in [0.4, 0.5) is 17.1 Å². The monoisotopic (exact) mass is 742 g/mol. The van der Waals surface area contributed by atoms with Gasteiger partial charge in [-0.05, 0) is 121 Å². The molecule has 0 fully saturated rings. The molecule has 0 atom stereocenters. The summed E-state index contributed by atoms with van der Waals surface area (Å²) in [5, 5.41) is 7.56. The van der Waals surface area contributed by atoms with Crippen LogP contribution in [0.2, 0.25) is 0 Å². The molecule has 0 radical (unpaired) electrons. The van der Waals surface area contributed by atoms with Crippen molar-refractivity contribution in [2.45, 2.75) is 38.5 Å². The molecule has 10 aromatic rings. The first kappa shape index (κ1) is 33.3. The average molecular weight is 743 g/mol. The maximum atomic E-state index is 2.49. The second kappa shape index (κ2) is 11.8. The summed E-state index contributed by atoms with van der Waals surface area (Å²) in [5.74, 6) is 0. The van der Waals surface area contributed by atoms with Gasteiger partial charge in [-0.1, -0.05) is 149 Å². The van der Waals surface area contributed by atoms with Crippen molar-refractivity contribution in [2.75, 3.05) is 4.90 Å². The van der Waals surface area contributed by atoms with Crippen molar-refractivity contribution in [1.82, 2.24) is 4.57 Å². The minimum atomic E-state index is -0.228. The molecular weight excluding hydrogens is 701 g/mol. The molecule has 12 rings (SSSR count). The summed E-state index contributed by atoms with van der Waals surface area (Å²) in [7, 11) is 0. The number of anilines is 3. The molecule has 0 spiro atoms. The first-order chi connectivity index (χ1) is 28.3. The van der Waals surface area contributed by atoms with Gasteiger partial charge in [-0.2, -0.15) is 0 Å². The van der Waals surface area contributed by atoms with Gasteiger partial charge in [0.2, 0.25) is 0 Å². The third-order valence-corrected chi connectivity index (χ3v) is 13.5. The van der Waals surface area contributed by atoms with Gasteiger partial charge in [-0.25, -0.2) is 0 Å². The van der Waals surface area contributed by atoms with Gasteiger partial charge in [0.05, 0.1) is 16.7 Å². The van der Waals surface area contributed by atoms with Crippen LogP contribution in [0.3, 0.4) is 0 Å². The molecule has 0 saturated carbocycles. The topological polar surface area (TPSA) is 8.17 Å². The summed E-state index contributed by atoms with van der Waals surface area (Å²) in [6, 6.07) is 68.1. The van der Waals surface area contributed by atoms with Crippen molar-refractivity contribution in [1.29, 1.82) is 0 Å². The van der Waals surface area contributed by atoms with Gasteiger partial charge in [-0.15, -0.1) is 0 Å². The zero-order valence-corrected chi connectivity index (χ0v) is 33.2. The van der Waals surface area contributed by atoms with E-state index in [-0.39, 0.29) is 10.8 Å². The number of fused-ring (bicyclic) bond motifs is 11. The van der Waals surface area contributed by atoms with Gasteiger partial charge < -0.3 is 9.47 Å². The number of hydrogen-bond donors (Lipinski definition) is 0. The van der Waals surface area contributed by atoms with Crippen molar-refractivity contribution in [2.24, 2.45) is 0 Å². The minimum absolute atomic E-state index is 0.102. The lowest BCUT2D eigenvalue weighted by Crippen LogP contribution is -2.18. The summed E-state index contributed by atoms with van der Waals surface area (Å²) in [5.41, 5.74) is 17.6. The van der Waals surface area contributed by atoms with E-state index in [4.69, 9.17) is 0 Å². The van der Waals surface area contributed by atoms with Crippen LogP contribution in [-0.2, 0) is 10.8 Å². The summed E-state index contributed by atoms with van der Waals surface area (Å²) >= 11 is 0. The molecule has 0 amide bonds. The Morgan fingerprint density at radius 2 is 0.897 bits per heavy atom. The van der Waals surface area contributed by atoms with Gasteiger partial charge in [0, 0.05) is 44.1 Å². The van der Waals surface area contributed by atoms with E-state index in [1.807, 2.05) is 0 Å². The highest BCUT2D eigenvalue weighted by atomic mass is 15.1. The van der Waals surface area contributed by atoms with Crippen molar-refractivity contribution < 1.29 is 0 Å². The largest absolute Gasteiger partial charge is 0.310 e. The summed E-state index contributed by atoms with van der Waals surface area (Å²) < 4.78 is 2.47. The lowest BCUT2D eigenvalue weighted by molar-refractivity contribution is 0.659. The van der Waals surface area contributed by atoms with Crippen molar-refractivity contribution >= 4 is 60.4 Å². The maximum absolute atomic E-state index is 2.49. The minimum Gasteiger partial charge on any atom is -0.310 e. The average Bonchev–Trinajstić information content (AvgIpc) is 3.79. The Morgan fingerprint density at radius 1 is 0.362 bits per heavy atom. The predicted octanol–water partition coefficient (Wildman–Crippen LogP) is 15.2. The van der Waals surface area contributed by atoms with E-state index >= 15 is 0 Å². The summed E-state index contributed by atoms with van der Waals surface area (Å²) in [6.45, 7) is 9.55. The van der Waals surface area contributed by atoms with E-state index in [1.165, 1.54) is 111 Å². The van der Waals surface area contributed by atoms with Crippen molar-refractivity contribution in [3.05, 3.63) is 204 Å². The van der Waals surface area contributed by atoms with Crippen molar-refractivity contribution in [3.63, 3.8) is 0 Å². The van der Waals surface area contributed by atoms with E-state index in [2.05, 4.69) is 219 Å². The van der Waals surface area contributed by atoms with Crippen LogP contribution in [0.5, 0.6) is 0 Å². The van der Waals surface area contributed by atoms with Crippen LogP contribution < -0.4 is 4.90 Å². The Morgan fingerprint density at radius 3 is 1.64 bits per heavy atom. The highest BCUT2D eigenvalue weighted by Gasteiger charge is 2.38. The highest BCUT2D eigenvalue weighted by Crippen LogP contribution is 2.54. The molecule has 1 heterocycles. The molecule has 0 unspecified atom stereocenters. The lowest BCUT2D eigenvalue weighted by Gasteiger charge is -2.30. The molecular formula is C56H42N2. The third kappa shape index (κ3) is 4.54. The number of para-hydroxylation sites is 1. The highest BCUT2D eigenvalue weighted by molar-refractivity contribution is 6.13. The summed E-state index contributed by atoms with van der Waals surface area (Å²) in [6.07, 6.45) is 0.